The van der Waals surface area contributed by atoms with E-state index < -0.39 is 5.60 Å². The van der Waals surface area contributed by atoms with Gasteiger partial charge in [-0.2, -0.15) is 5.10 Å². The van der Waals surface area contributed by atoms with Crippen LogP contribution in [-0.4, -0.2) is 43.2 Å². The average molecular weight is 403 g/mol. The number of aromatic nitrogens is 4. The van der Waals surface area contributed by atoms with E-state index in [1.54, 1.807) is 16.9 Å². The Morgan fingerprint density at radius 2 is 2.00 bits per heavy atom. The van der Waals surface area contributed by atoms with Gasteiger partial charge in [0.05, 0.1) is 17.7 Å². The Morgan fingerprint density at radius 3 is 2.73 bits per heavy atom. The van der Waals surface area contributed by atoms with Crippen LogP contribution >= 0.6 is 0 Å². The number of amides is 1. The Hall–Kier alpha value is -3.09. The third kappa shape index (κ3) is 2.68. The van der Waals surface area contributed by atoms with Gasteiger partial charge in [-0.15, -0.1) is 0 Å². The van der Waals surface area contributed by atoms with Crippen LogP contribution in [0.5, 0.6) is 5.75 Å². The fourth-order valence-corrected chi connectivity index (χ4v) is 4.94. The SMILES string of the molecule is Cn1nccc1C(=O)N1CCC2(CC1)Oc1ccccc1-c1ncn(CC3CC3)c12. The first kappa shape index (κ1) is 17.7. The van der Waals surface area contributed by atoms with Crippen LogP contribution in [0.25, 0.3) is 11.3 Å². The van der Waals surface area contributed by atoms with Crippen molar-refractivity contribution in [3.05, 3.63) is 54.2 Å². The highest BCUT2D eigenvalue weighted by molar-refractivity contribution is 5.92. The Labute approximate surface area is 175 Å². The van der Waals surface area contributed by atoms with Gasteiger partial charge in [-0.3, -0.25) is 9.48 Å². The third-order valence-corrected chi connectivity index (χ3v) is 6.77. The van der Waals surface area contributed by atoms with Gasteiger partial charge in [0.15, 0.2) is 5.60 Å². The lowest BCUT2D eigenvalue weighted by Crippen LogP contribution is -2.50. The number of nitrogens with zero attached hydrogens (tertiary/aromatic N) is 5. The molecule has 0 bridgehead atoms. The number of likely N-dealkylation sites (tertiary alicyclic amines) is 1. The minimum absolute atomic E-state index is 0.0350. The highest BCUT2D eigenvalue weighted by Crippen LogP contribution is 2.49. The molecule has 1 spiro atoms. The Balaban J connectivity index is 1.34. The summed E-state index contributed by atoms with van der Waals surface area (Å²) in [4.78, 5) is 19.7. The van der Waals surface area contributed by atoms with Crippen molar-refractivity contribution in [3.8, 4) is 17.0 Å². The van der Waals surface area contributed by atoms with E-state index in [1.165, 1.54) is 18.5 Å². The zero-order valence-corrected chi connectivity index (χ0v) is 17.1. The van der Waals surface area contributed by atoms with Crippen LogP contribution in [0.4, 0.5) is 0 Å². The number of ether oxygens (including phenoxy) is 1. The van der Waals surface area contributed by atoms with Gasteiger partial charge in [0.1, 0.15) is 11.4 Å². The molecule has 1 aromatic carbocycles. The number of carbonyl (C=O) groups excluding carboxylic acids is 1. The quantitative estimate of drug-likeness (QED) is 0.674. The molecule has 7 heteroatoms. The van der Waals surface area contributed by atoms with E-state index in [4.69, 9.17) is 9.72 Å². The van der Waals surface area contributed by atoms with Crippen molar-refractivity contribution in [2.75, 3.05) is 13.1 Å². The molecule has 3 aromatic rings. The molecule has 2 fully saturated rings. The fourth-order valence-electron chi connectivity index (χ4n) is 4.94. The van der Waals surface area contributed by atoms with Gasteiger partial charge in [0.2, 0.25) is 0 Å². The molecule has 6 rings (SSSR count). The highest BCUT2D eigenvalue weighted by atomic mass is 16.5. The summed E-state index contributed by atoms with van der Waals surface area (Å²) in [5.41, 5.74) is 3.50. The molecule has 0 radical (unpaired) electrons. The number of hydrogen-bond acceptors (Lipinski definition) is 4. The summed E-state index contributed by atoms with van der Waals surface area (Å²) in [6.07, 6.45) is 7.77. The largest absolute Gasteiger partial charge is 0.480 e. The minimum atomic E-state index is -0.432. The predicted octanol–water partition coefficient (Wildman–Crippen LogP) is 3.22. The summed E-state index contributed by atoms with van der Waals surface area (Å²) < 4.78 is 10.7. The lowest BCUT2D eigenvalue weighted by atomic mass is 9.83. The van der Waals surface area contributed by atoms with Crippen LogP contribution < -0.4 is 4.74 Å². The van der Waals surface area contributed by atoms with Crippen LogP contribution in [0.15, 0.2) is 42.9 Å². The fraction of sp³-hybridized carbons (Fsp3) is 0.435. The van der Waals surface area contributed by atoms with Crippen LogP contribution in [-0.2, 0) is 19.2 Å². The summed E-state index contributed by atoms with van der Waals surface area (Å²) in [6, 6.07) is 9.96. The van der Waals surface area contributed by atoms with E-state index >= 15 is 0 Å². The van der Waals surface area contributed by atoms with E-state index in [0.29, 0.717) is 18.8 Å². The normalized spacial score (nSPS) is 19.3. The second-order valence-corrected chi connectivity index (χ2v) is 8.76. The van der Waals surface area contributed by atoms with Gasteiger partial charge < -0.3 is 14.2 Å². The first-order valence-electron chi connectivity index (χ1n) is 10.8. The van der Waals surface area contributed by atoms with E-state index in [2.05, 4.69) is 15.7 Å². The molecular formula is C23H25N5O2. The monoisotopic (exact) mass is 403 g/mol. The van der Waals surface area contributed by atoms with Gasteiger partial charge in [0, 0.05) is 51.3 Å². The summed E-state index contributed by atoms with van der Waals surface area (Å²) in [7, 11) is 1.81. The number of benzene rings is 1. The van der Waals surface area contributed by atoms with Gasteiger partial charge >= 0.3 is 0 Å². The predicted molar refractivity (Wildman–Crippen MR) is 111 cm³/mol. The smallest absolute Gasteiger partial charge is 0.272 e. The standard InChI is InChI=1S/C23H25N5O2/c1-26-18(8-11-25-26)22(29)27-12-9-23(10-13-27)21-20(17-4-2-3-5-19(17)30-23)24-15-28(21)14-16-6-7-16/h2-5,8,11,15-16H,6-7,9-10,12-14H2,1H3. The molecule has 2 aliphatic heterocycles. The van der Waals surface area contributed by atoms with Gasteiger partial charge in [-0.1, -0.05) is 12.1 Å². The molecule has 2 aromatic heterocycles. The van der Waals surface area contributed by atoms with Crippen LogP contribution in [0.3, 0.4) is 0 Å². The van der Waals surface area contributed by atoms with Crippen molar-refractivity contribution in [3.63, 3.8) is 0 Å². The Bertz CT molecular complexity index is 1120. The number of carbonyl (C=O) groups is 1. The van der Waals surface area contributed by atoms with E-state index in [9.17, 15) is 4.79 Å². The molecule has 154 valence electrons. The molecule has 1 aliphatic carbocycles. The third-order valence-electron chi connectivity index (χ3n) is 6.77. The molecule has 7 nitrogen and oxygen atoms in total. The topological polar surface area (TPSA) is 65.2 Å². The van der Waals surface area contributed by atoms with Crippen molar-refractivity contribution in [2.45, 2.75) is 37.8 Å². The lowest BCUT2D eigenvalue weighted by Gasteiger charge is -2.44. The molecule has 4 heterocycles. The molecule has 0 unspecified atom stereocenters. The van der Waals surface area contributed by atoms with Gasteiger partial charge in [0.25, 0.3) is 5.91 Å². The average Bonchev–Trinajstić information content (AvgIpc) is 3.30. The number of hydrogen-bond donors (Lipinski definition) is 0. The Kier molecular flexibility index (Phi) is 3.82. The van der Waals surface area contributed by atoms with Crippen LogP contribution in [0.1, 0.15) is 41.9 Å². The Morgan fingerprint density at radius 1 is 1.20 bits per heavy atom. The molecule has 0 N–H and O–H groups in total. The maximum Gasteiger partial charge on any atom is 0.272 e. The number of rotatable bonds is 3. The van der Waals surface area contributed by atoms with Crippen molar-refractivity contribution >= 4 is 5.91 Å². The molecule has 3 aliphatic rings. The van der Waals surface area contributed by atoms with Crippen LogP contribution in [0.2, 0.25) is 0 Å². The summed E-state index contributed by atoms with van der Waals surface area (Å²) in [5, 5.41) is 4.14. The van der Waals surface area contributed by atoms with Gasteiger partial charge in [-0.25, -0.2) is 4.98 Å². The molecule has 1 saturated carbocycles. The van der Waals surface area contributed by atoms with E-state index in [-0.39, 0.29) is 5.91 Å². The first-order chi connectivity index (χ1) is 14.6. The molecule has 30 heavy (non-hydrogen) atoms. The summed E-state index contributed by atoms with van der Waals surface area (Å²) in [6.45, 7) is 2.31. The summed E-state index contributed by atoms with van der Waals surface area (Å²) in [5.74, 6) is 1.69. The van der Waals surface area contributed by atoms with Crippen molar-refractivity contribution in [1.82, 2.24) is 24.2 Å². The number of fused-ring (bicyclic) bond motifs is 4. The number of aryl methyl sites for hydroxylation is 1. The maximum absolute atomic E-state index is 13.0. The second kappa shape index (κ2) is 6.45. The van der Waals surface area contributed by atoms with Crippen molar-refractivity contribution < 1.29 is 9.53 Å². The number of imidazole rings is 1. The summed E-state index contributed by atoms with van der Waals surface area (Å²) >= 11 is 0. The van der Waals surface area contributed by atoms with Gasteiger partial charge in [-0.05, 0) is 37.0 Å². The number of piperidine rings is 1. The molecule has 0 atom stereocenters. The lowest BCUT2D eigenvalue weighted by molar-refractivity contribution is -0.00771. The molecular weight excluding hydrogens is 378 g/mol. The van der Waals surface area contributed by atoms with Crippen molar-refractivity contribution in [2.24, 2.45) is 13.0 Å². The van der Waals surface area contributed by atoms with Crippen LogP contribution in [0, 0.1) is 5.92 Å². The van der Waals surface area contributed by atoms with Crippen molar-refractivity contribution in [1.29, 1.82) is 0 Å². The first-order valence-corrected chi connectivity index (χ1v) is 10.8. The zero-order valence-electron chi connectivity index (χ0n) is 17.1. The second-order valence-electron chi connectivity index (χ2n) is 8.76. The molecule has 1 saturated heterocycles. The molecule has 1 amide bonds. The maximum atomic E-state index is 13.0. The van der Waals surface area contributed by atoms with E-state index in [0.717, 1.165) is 42.3 Å². The zero-order chi connectivity index (χ0) is 20.3. The number of para-hydroxylation sites is 1. The highest BCUT2D eigenvalue weighted by Gasteiger charge is 2.47. The van der Waals surface area contributed by atoms with E-state index in [1.807, 2.05) is 36.5 Å². The minimum Gasteiger partial charge on any atom is -0.480 e.